The largest absolute Gasteiger partial charge is 0.349 e. The standard InChI is InChI=1S/C18H25NOS2/c1-13-5-2-3-6-16(13)19-17(20)14-7-9-15(10-8-14)18-21-11-4-12-22-18/h7-10,13,16,18H,2-6,11-12H2,1H3,(H,19,20). The Balaban J connectivity index is 1.60. The summed E-state index contributed by atoms with van der Waals surface area (Å²) < 4.78 is 0.546. The molecule has 2 atom stereocenters. The van der Waals surface area contributed by atoms with Crippen LogP contribution in [0.1, 0.15) is 59.5 Å². The van der Waals surface area contributed by atoms with E-state index in [1.54, 1.807) is 0 Å². The van der Waals surface area contributed by atoms with Gasteiger partial charge in [0.15, 0.2) is 0 Å². The summed E-state index contributed by atoms with van der Waals surface area (Å²) >= 11 is 4.04. The maximum absolute atomic E-state index is 12.4. The predicted octanol–water partition coefficient (Wildman–Crippen LogP) is 4.86. The highest BCUT2D eigenvalue weighted by atomic mass is 32.2. The molecule has 0 radical (unpaired) electrons. The van der Waals surface area contributed by atoms with Gasteiger partial charge in [-0.15, -0.1) is 23.5 Å². The molecule has 2 aliphatic rings. The van der Waals surface area contributed by atoms with Crippen LogP contribution >= 0.6 is 23.5 Å². The highest BCUT2D eigenvalue weighted by Gasteiger charge is 2.23. The number of benzene rings is 1. The van der Waals surface area contributed by atoms with Crippen molar-refractivity contribution in [3.05, 3.63) is 35.4 Å². The quantitative estimate of drug-likeness (QED) is 0.855. The molecule has 1 aliphatic carbocycles. The zero-order chi connectivity index (χ0) is 15.4. The summed E-state index contributed by atoms with van der Waals surface area (Å²) in [6, 6.07) is 8.61. The van der Waals surface area contributed by atoms with Crippen LogP contribution in [0.15, 0.2) is 24.3 Å². The molecule has 3 rings (SSSR count). The molecule has 1 aliphatic heterocycles. The molecule has 0 bridgehead atoms. The van der Waals surface area contributed by atoms with E-state index in [9.17, 15) is 4.79 Å². The molecule has 4 heteroatoms. The Morgan fingerprint density at radius 2 is 1.73 bits per heavy atom. The molecule has 0 spiro atoms. The first kappa shape index (κ1) is 16.3. The van der Waals surface area contributed by atoms with E-state index in [-0.39, 0.29) is 5.91 Å². The van der Waals surface area contributed by atoms with Gasteiger partial charge in [0.1, 0.15) is 0 Å². The van der Waals surface area contributed by atoms with E-state index in [1.165, 1.54) is 42.8 Å². The Morgan fingerprint density at radius 1 is 1.05 bits per heavy atom. The summed E-state index contributed by atoms with van der Waals surface area (Å²) in [5.41, 5.74) is 2.14. The maximum Gasteiger partial charge on any atom is 0.251 e. The second-order valence-electron chi connectivity index (χ2n) is 6.39. The van der Waals surface area contributed by atoms with Crippen LogP contribution in [0.25, 0.3) is 0 Å². The van der Waals surface area contributed by atoms with E-state index in [1.807, 2.05) is 35.7 Å². The number of amides is 1. The number of carbonyl (C=O) groups excluding carboxylic acids is 1. The molecule has 1 N–H and O–H groups in total. The molecule has 2 fully saturated rings. The van der Waals surface area contributed by atoms with Crippen LogP contribution in [0, 0.1) is 5.92 Å². The number of hydrogen-bond donors (Lipinski definition) is 1. The lowest BCUT2D eigenvalue weighted by Gasteiger charge is -2.29. The normalized spacial score (nSPS) is 26.6. The topological polar surface area (TPSA) is 29.1 Å². The SMILES string of the molecule is CC1CCCCC1NC(=O)c1ccc(C2SCCCS2)cc1. The Labute approximate surface area is 142 Å². The van der Waals surface area contributed by atoms with Crippen molar-refractivity contribution in [2.24, 2.45) is 5.92 Å². The Hall–Kier alpha value is -0.610. The molecule has 22 heavy (non-hydrogen) atoms. The molecule has 1 heterocycles. The molecule has 2 nitrogen and oxygen atoms in total. The van der Waals surface area contributed by atoms with E-state index < -0.39 is 0 Å². The molecular weight excluding hydrogens is 310 g/mol. The lowest BCUT2D eigenvalue weighted by Crippen LogP contribution is -2.41. The Kier molecular flexibility index (Phi) is 5.75. The molecule has 2 unspecified atom stereocenters. The van der Waals surface area contributed by atoms with E-state index in [0.29, 0.717) is 16.5 Å². The van der Waals surface area contributed by atoms with E-state index in [4.69, 9.17) is 0 Å². The smallest absolute Gasteiger partial charge is 0.251 e. The summed E-state index contributed by atoms with van der Waals surface area (Å²) in [4.78, 5) is 12.4. The van der Waals surface area contributed by atoms with Crippen molar-refractivity contribution < 1.29 is 4.79 Å². The van der Waals surface area contributed by atoms with Gasteiger partial charge in [0.2, 0.25) is 0 Å². The monoisotopic (exact) mass is 335 g/mol. The van der Waals surface area contributed by atoms with Crippen molar-refractivity contribution >= 4 is 29.4 Å². The Bertz CT molecular complexity index is 496. The van der Waals surface area contributed by atoms with Crippen molar-refractivity contribution in [1.29, 1.82) is 0 Å². The van der Waals surface area contributed by atoms with Crippen molar-refractivity contribution in [2.75, 3.05) is 11.5 Å². The molecule has 120 valence electrons. The molecule has 1 saturated heterocycles. The first-order valence-electron chi connectivity index (χ1n) is 8.38. The fourth-order valence-electron chi connectivity index (χ4n) is 3.25. The zero-order valence-electron chi connectivity index (χ0n) is 13.2. The van der Waals surface area contributed by atoms with Gasteiger partial charge >= 0.3 is 0 Å². The van der Waals surface area contributed by atoms with E-state index >= 15 is 0 Å². The van der Waals surface area contributed by atoms with Crippen molar-refractivity contribution in [2.45, 2.75) is 49.7 Å². The molecule has 1 aromatic rings. The molecular formula is C18H25NOS2. The van der Waals surface area contributed by atoms with Crippen molar-refractivity contribution in [1.82, 2.24) is 5.32 Å². The third-order valence-electron chi connectivity index (χ3n) is 4.70. The summed E-state index contributed by atoms with van der Waals surface area (Å²) in [6.45, 7) is 2.25. The fraction of sp³-hybridized carbons (Fsp3) is 0.611. The van der Waals surface area contributed by atoms with Gasteiger partial charge in [-0.3, -0.25) is 4.79 Å². The number of thioether (sulfide) groups is 2. The van der Waals surface area contributed by atoms with Gasteiger partial charge in [-0.25, -0.2) is 0 Å². The van der Waals surface area contributed by atoms with Crippen LogP contribution < -0.4 is 5.32 Å². The van der Waals surface area contributed by atoms with Gasteiger partial charge in [0, 0.05) is 11.6 Å². The minimum absolute atomic E-state index is 0.0919. The summed E-state index contributed by atoms with van der Waals surface area (Å²) in [7, 11) is 0. The van der Waals surface area contributed by atoms with E-state index in [0.717, 1.165) is 12.0 Å². The molecule has 1 aromatic carbocycles. The zero-order valence-corrected chi connectivity index (χ0v) is 14.8. The average Bonchev–Trinajstić information content (AvgIpc) is 2.58. The summed E-state index contributed by atoms with van der Waals surface area (Å²) in [5.74, 6) is 3.19. The first-order valence-corrected chi connectivity index (χ1v) is 10.5. The van der Waals surface area contributed by atoms with Crippen LogP contribution in [0.2, 0.25) is 0 Å². The predicted molar refractivity (Wildman–Crippen MR) is 97.6 cm³/mol. The van der Waals surface area contributed by atoms with Crippen molar-refractivity contribution in [3.8, 4) is 0 Å². The number of hydrogen-bond acceptors (Lipinski definition) is 3. The van der Waals surface area contributed by atoms with Crippen molar-refractivity contribution in [3.63, 3.8) is 0 Å². The summed E-state index contributed by atoms with van der Waals surface area (Å²) in [5, 5.41) is 3.23. The highest BCUT2D eigenvalue weighted by Crippen LogP contribution is 2.43. The summed E-state index contributed by atoms with van der Waals surface area (Å²) in [6.07, 6.45) is 6.22. The second kappa shape index (κ2) is 7.78. The third-order valence-corrected chi connectivity index (χ3v) is 7.72. The fourth-order valence-corrected chi connectivity index (χ4v) is 6.15. The van der Waals surface area contributed by atoms with Gasteiger partial charge in [-0.1, -0.05) is 31.9 Å². The lowest BCUT2D eigenvalue weighted by molar-refractivity contribution is 0.0910. The third kappa shape index (κ3) is 4.02. The second-order valence-corrected chi connectivity index (χ2v) is 9.12. The minimum atomic E-state index is 0.0919. The van der Waals surface area contributed by atoms with Gasteiger partial charge < -0.3 is 5.32 Å². The van der Waals surface area contributed by atoms with Crippen LogP contribution in [0.3, 0.4) is 0 Å². The van der Waals surface area contributed by atoms with Gasteiger partial charge in [-0.05, 0) is 54.4 Å². The van der Waals surface area contributed by atoms with Crippen LogP contribution in [-0.4, -0.2) is 23.5 Å². The molecule has 1 saturated carbocycles. The first-order chi connectivity index (χ1) is 10.7. The van der Waals surface area contributed by atoms with Gasteiger partial charge in [0.05, 0.1) is 4.58 Å². The molecule has 0 aromatic heterocycles. The lowest BCUT2D eigenvalue weighted by atomic mass is 9.86. The maximum atomic E-state index is 12.4. The van der Waals surface area contributed by atoms with E-state index in [2.05, 4.69) is 24.4 Å². The minimum Gasteiger partial charge on any atom is -0.349 e. The molecule has 1 amide bonds. The average molecular weight is 336 g/mol. The number of rotatable bonds is 3. The number of nitrogens with one attached hydrogen (secondary N) is 1. The Morgan fingerprint density at radius 3 is 2.41 bits per heavy atom. The van der Waals surface area contributed by atoms with Crippen LogP contribution in [-0.2, 0) is 0 Å². The number of carbonyl (C=O) groups is 1. The van der Waals surface area contributed by atoms with Gasteiger partial charge in [-0.2, -0.15) is 0 Å². The highest BCUT2D eigenvalue weighted by molar-refractivity contribution is 8.16. The van der Waals surface area contributed by atoms with Crippen LogP contribution in [0.4, 0.5) is 0 Å². The van der Waals surface area contributed by atoms with Gasteiger partial charge in [0.25, 0.3) is 5.91 Å². The van der Waals surface area contributed by atoms with Crippen LogP contribution in [0.5, 0.6) is 0 Å².